The summed E-state index contributed by atoms with van der Waals surface area (Å²) in [5.41, 5.74) is 3.55. The molecule has 1 aliphatic heterocycles. The molecular formula is C24H31N3O3. The van der Waals surface area contributed by atoms with Gasteiger partial charge in [-0.3, -0.25) is 9.59 Å². The van der Waals surface area contributed by atoms with Gasteiger partial charge in [-0.2, -0.15) is 5.10 Å². The highest BCUT2D eigenvalue weighted by Crippen LogP contribution is 2.35. The molecule has 0 spiro atoms. The average Bonchev–Trinajstić information content (AvgIpc) is 3.06. The number of carbonyl (C=O) groups is 2. The van der Waals surface area contributed by atoms with Crippen LogP contribution in [-0.2, 0) is 20.7 Å². The van der Waals surface area contributed by atoms with E-state index in [1.165, 1.54) is 25.7 Å². The number of rotatable bonds is 5. The number of ether oxygens (including phenoxy) is 1. The van der Waals surface area contributed by atoms with E-state index in [4.69, 9.17) is 4.74 Å². The molecule has 0 radical (unpaired) electrons. The first-order valence-corrected chi connectivity index (χ1v) is 11.1. The molecule has 30 heavy (non-hydrogen) atoms. The second-order valence-corrected chi connectivity index (χ2v) is 8.58. The van der Waals surface area contributed by atoms with Crippen molar-refractivity contribution >= 4 is 11.9 Å². The standard InChI is InChI=1S/C24H31N3O3/c1-17-21(18(2)27(25-17)20-11-4-3-5-12-20)15-24(29)30-16-23(28)26-14-8-10-19-9-6-7-13-22(19)26/h3-5,11-12,19,22H,6-10,13-16H2,1-2H3/t19-,22+/m1/s1. The maximum Gasteiger partial charge on any atom is 0.310 e. The lowest BCUT2D eigenvalue weighted by Gasteiger charge is -2.44. The Morgan fingerprint density at radius 1 is 1.07 bits per heavy atom. The summed E-state index contributed by atoms with van der Waals surface area (Å²) in [6.45, 7) is 4.49. The third kappa shape index (κ3) is 4.27. The third-order valence-electron chi connectivity index (χ3n) is 6.68. The Balaban J connectivity index is 1.36. The predicted octanol–water partition coefficient (Wildman–Crippen LogP) is 3.76. The Morgan fingerprint density at radius 2 is 1.80 bits per heavy atom. The predicted molar refractivity (Wildman–Crippen MR) is 114 cm³/mol. The molecule has 1 amide bonds. The van der Waals surface area contributed by atoms with Crippen molar-refractivity contribution in [1.29, 1.82) is 0 Å². The largest absolute Gasteiger partial charge is 0.455 e. The van der Waals surface area contributed by atoms with Crippen LogP contribution in [0, 0.1) is 19.8 Å². The van der Waals surface area contributed by atoms with Crippen molar-refractivity contribution < 1.29 is 14.3 Å². The van der Waals surface area contributed by atoms with Gasteiger partial charge in [0.15, 0.2) is 6.61 Å². The summed E-state index contributed by atoms with van der Waals surface area (Å²) in [6, 6.07) is 10.2. The number of likely N-dealkylation sites (tertiary alicyclic amines) is 1. The lowest BCUT2D eigenvalue weighted by atomic mass is 9.78. The molecule has 1 saturated carbocycles. The van der Waals surface area contributed by atoms with Crippen LogP contribution < -0.4 is 0 Å². The SMILES string of the molecule is Cc1nn(-c2ccccc2)c(C)c1CC(=O)OCC(=O)N1CCC[C@H]2CCCC[C@@H]21. The molecule has 0 N–H and O–H groups in total. The average molecular weight is 410 g/mol. The van der Waals surface area contributed by atoms with Crippen LogP contribution in [0.4, 0.5) is 0 Å². The summed E-state index contributed by atoms with van der Waals surface area (Å²) in [7, 11) is 0. The van der Waals surface area contributed by atoms with Crippen molar-refractivity contribution in [3.05, 3.63) is 47.3 Å². The Hall–Kier alpha value is -2.63. The zero-order valence-electron chi connectivity index (χ0n) is 18.0. The van der Waals surface area contributed by atoms with E-state index < -0.39 is 0 Å². The zero-order valence-corrected chi connectivity index (χ0v) is 18.0. The molecule has 2 heterocycles. The number of aryl methyl sites for hydroxylation is 1. The summed E-state index contributed by atoms with van der Waals surface area (Å²) in [6.07, 6.45) is 7.17. The molecule has 4 rings (SSSR count). The summed E-state index contributed by atoms with van der Waals surface area (Å²) < 4.78 is 7.25. The van der Waals surface area contributed by atoms with E-state index in [2.05, 4.69) is 5.10 Å². The number of carbonyl (C=O) groups excluding carboxylic acids is 2. The number of piperidine rings is 1. The molecule has 6 heteroatoms. The number of hydrogen-bond donors (Lipinski definition) is 0. The summed E-state index contributed by atoms with van der Waals surface area (Å²) in [5.74, 6) is 0.203. The number of nitrogens with zero attached hydrogens (tertiary/aromatic N) is 3. The van der Waals surface area contributed by atoms with Gasteiger partial charge < -0.3 is 9.64 Å². The maximum absolute atomic E-state index is 12.8. The molecule has 2 aliphatic rings. The number of aromatic nitrogens is 2. The number of para-hydroxylation sites is 1. The fourth-order valence-electron chi connectivity index (χ4n) is 5.11. The van der Waals surface area contributed by atoms with Crippen molar-refractivity contribution in [2.75, 3.05) is 13.2 Å². The Bertz CT molecular complexity index is 904. The molecule has 1 saturated heterocycles. The molecule has 1 aromatic carbocycles. The van der Waals surface area contributed by atoms with Gasteiger partial charge >= 0.3 is 5.97 Å². The van der Waals surface area contributed by atoms with Crippen molar-refractivity contribution in [3.8, 4) is 5.69 Å². The summed E-state index contributed by atoms with van der Waals surface area (Å²) >= 11 is 0. The van der Waals surface area contributed by atoms with Gasteiger partial charge in [-0.15, -0.1) is 0 Å². The van der Waals surface area contributed by atoms with E-state index in [1.54, 1.807) is 0 Å². The lowest BCUT2D eigenvalue weighted by Crippen LogP contribution is -2.50. The molecule has 1 aliphatic carbocycles. The molecule has 2 fully saturated rings. The van der Waals surface area contributed by atoms with Crippen LogP contribution in [0.2, 0.25) is 0 Å². The van der Waals surface area contributed by atoms with E-state index in [-0.39, 0.29) is 24.9 Å². The molecule has 1 aromatic heterocycles. The third-order valence-corrected chi connectivity index (χ3v) is 6.68. The van der Waals surface area contributed by atoms with Crippen LogP contribution in [0.3, 0.4) is 0 Å². The van der Waals surface area contributed by atoms with Crippen molar-refractivity contribution in [3.63, 3.8) is 0 Å². The van der Waals surface area contributed by atoms with Gasteiger partial charge in [-0.05, 0) is 57.6 Å². The van der Waals surface area contributed by atoms with Crippen LogP contribution in [-0.4, -0.2) is 45.8 Å². The van der Waals surface area contributed by atoms with Gasteiger partial charge in [0.1, 0.15) is 0 Å². The molecular weight excluding hydrogens is 378 g/mol. The van der Waals surface area contributed by atoms with Crippen LogP contribution in [0.5, 0.6) is 0 Å². The number of amides is 1. The van der Waals surface area contributed by atoms with Crippen molar-refractivity contribution in [2.24, 2.45) is 5.92 Å². The van der Waals surface area contributed by atoms with Gasteiger partial charge in [0.25, 0.3) is 5.91 Å². The quantitative estimate of drug-likeness (QED) is 0.706. The monoisotopic (exact) mass is 409 g/mol. The van der Waals surface area contributed by atoms with Crippen LogP contribution in [0.25, 0.3) is 5.69 Å². The number of fused-ring (bicyclic) bond motifs is 1. The summed E-state index contributed by atoms with van der Waals surface area (Å²) in [4.78, 5) is 27.2. The van der Waals surface area contributed by atoms with Gasteiger partial charge in [0.05, 0.1) is 17.8 Å². The highest BCUT2D eigenvalue weighted by atomic mass is 16.5. The highest BCUT2D eigenvalue weighted by Gasteiger charge is 2.35. The minimum Gasteiger partial charge on any atom is -0.455 e. The van der Waals surface area contributed by atoms with E-state index >= 15 is 0 Å². The highest BCUT2D eigenvalue weighted by molar-refractivity contribution is 5.82. The minimum absolute atomic E-state index is 0.0478. The molecule has 6 nitrogen and oxygen atoms in total. The first-order chi connectivity index (χ1) is 14.5. The van der Waals surface area contributed by atoms with Crippen molar-refractivity contribution in [1.82, 2.24) is 14.7 Å². The molecule has 2 aromatic rings. The second kappa shape index (κ2) is 9.02. The summed E-state index contributed by atoms with van der Waals surface area (Å²) in [5, 5.41) is 4.58. The maximum atomic E-state index is 12.8. The first-order valence-electron chi connectivity index (χ1n) is 11.1. The van der Waals surface area contributed by atoms with E-state index in [1.807, 2.05) is 53.8 Å². The van der Waals surface area contributed by atoms with Crippen LogP contribution >= 0.6 is 0 Å². The minimum atomic E-state index is -0.376. The van der Waals surface area contributed by atoms with Gasteiger partial charge in [-0.25, -0.2) is 4.68 Å². The fourth-order valence-corrected chi connectivity index (χ4v) is 5.11. The number of esters is 1. The number of benzene rings is 1. The van der Waals surface area contributed by atoms with Crippen LogP contribution in [0.1, 0.15) is 55.5 Å². The van der Waals surface area contributed by atoms with Crippen LogP contribution in [0.15, 0.2) is 30.3 Å². The molecule has 160 valence electrons. The Labute approximate surface area is 178 Å². The van der Waals surface area contributed by atoms with E-state index in [9.17, 15) is 9.59 Å². The number of hydrogen-bond acceptors (Lipinski definition) is 4. The Morgan fingerprint density at radius 3 is 2.60 bits per heavy atom. The smallest absolute Gasteiger partial charge is 0.310 e. The van der Waals surface area contributed by atoms with E-state index in [0.717, 1.165) is 42.0 Å². The molecule has 0 bridgehead atoms. The fraction of sp³-hybridized carbons (Fsp3) is 0.542. The topological polar surface area (TPSA) is 64.4 Å². The first kappa shape index (κ1) is 20.6. The Kier molecular flexibility index (Phi) is 6.21. The normalized spacial score (nSPS) is 21.2. The van der Waals surface area contributed by atoms with Gasteiger partial charge in [0.2, 0.25) is 0 Å². The van der Waals surface area contributed by atoms with E-state index in [0.29, 0.717) is 12.0 Å². The van der Waals surface area contributed by atoms with Gasteiger partial charge in [0, 0.05) is 23.8 Å². The zero-order chi connectivity index (χ0) is 21.1. The molecule has 0 unspecified atom stereocenters. The van der Waals surface area contributed by atoms with Gasteiger partial charge in [-0.1, -0.05) is 31.0 Å². The van der Waals surface area contributed by atoms with Crippen molar-refractivity contribution in [2.45, 2.75) is 64.8 Å². The molecule has 2 atom stereocenters. The lowest BCUT2D eigenvalue weighted by molar-refractivity contribution is -0.154. The second-order valence-electron chi connectivity index (χ2n) is 8.58.